The molecule has 0 unspecified atom stereocenters. The van der Waals surface area contributed by atoms with Crippen LogP contribution in [0.4, 0.5) is 5.69 Å². The summed E-state index contributed by atoms with van der Waals surface area (Å²) in [5.41, 5.74) is 0.975. The van der Waals surface area contributed by atoms with Gasteiger partial charge in [-0.3, -0.25) is 10.1 Å². The Morgan fingerprint density at radius 1 is 1.50 bits per heavy atom. The largest absolute Gasteiger partial charge is 0.345 e. The highest BCUT2D eigenvalue weighted by atomic mass is 32.2. The molecule has 82 valence electrons. The van der Waals surface area contributed by atoms with Crippen molar-refractivity contribution < 1.29 is 4.92 Å². The molecule has 0 amide bonds. The SMILES string of the molecule is CSc1cc([N+](=O)[O-])ccc1-c1ncc[nH]1. The summed E-state index contributed by atoms with van der Waals surface area (Å²) in [6.45, 7) is 0. The topological polar surface area (TPSA) is 71.8 Å². The predicted molar refractivity (Wildman–Crippen MR) is 62.5 cm³/mol. The minimum atomic E-state index is -0.397. The number of aromatic amines is 1. The Hall–Kier alpha value is -1.82. The molecule has 0 saturated carbocycles. The first-order valence-corrected chi connectivity index (χ1v) is 5.77. The number of nitro benzene ring substituents is 1. The number of hydrogen-bond acceptors (Lipinski definition) is 4. The minimum Gasteiger partial charge on any atom is -0.345 e. The molecule has 0 atom stereocenters. The maximum absolute atomic E-state index is 10.6. The van der Waals surface area contributed by atoms with Gasteiger partial charge in [-0.2, -0.15) is 0 Å². The van der Waals surface area contributed by atoms with E-state index in [1.54, 1.807) is 24.5 Å². The van der Waals surface area contributed by atoms with Crippen LogP contribution in [0.1, 0.15) is 0 Å². The molecule has 0 saturated heterocycles. The van der Waals surface area contributed by atoms with Crippen molar-refractivity contribution in [1.82, 2.24) is 9.97 Å². The van der Waals surface area contributed by atoms with Crippen LogP contribution < -0.4 is 0 Å². The predicted octanol–water partition coefficient (Wildman–Crippen LogP) is 2.71. The average Bonchev–Trinajstić information content (AvgIpc) is 2.81. The highest BCUT2D eigenvalue weighted by Gasteiger charge is 2.12. The molecule has 1 N–H and O–H groups in total. The number of nitrogens with one attached hydrogen (secondary N) is 1. The molecule has 0 aliphatic heterocycles. The van der Waals surface area contributed by atoms with Gasteiger partial charge in [-0.1, -0.05) is 0 Å². The number of H-pyrrole nitrogens is 1. The monoisotopic (exact) mass is 235 g/mol. The van der Waals surface area contributed by atoms with Crippen LogP contribution >= 0.6 is 11.8 Å². The molecule has 1 aromatic heterocycles. The van der Waals surface area contributed by atoms with Crippen molar-refractivity contribution in [3.63, 3.8) is 0 Å². The first kappa shape index (κ1) is 10.7. The van der Waals surface area contributed by atoms with Crippen LogP contribution in [0, 0.1) is 10.1 Å². The summed E-state index contributed by atoms with van der Waals surface area (Å²) in [5, 5.41) is 10.6. The van der Waals surface area contributed by atoms with Crippen LogP contribution in [0.15, 0.2) is 35.5 Å². The molecule has 0 radical (unpaired) electrons. The fraction of sp³-hybridized carbons (Fsp3) is 0.100. The van der Waals surface area contributed by atoms with E-state index in [1.165, 1.54) is 17.8 Å². The molecule has 1 heterocycles. The van der Waals surface area contributed by atoms with E-state index >= 15 is 0 Å². The quantitative estimate of drug-likeness (QED) is 0.504. The number of imidazole rings is 1. The number of aromatic nitrogens is 2. The van der Waals surface area contributed by atoms with Crippen molar-refractivity contribution in [2.24, 2.45) is 0 Å². The van der Waals surface area contributed by atoms with E-state index in [1.807, 2.05) is 6.26 Å². The molecule has 6 heteroatoms. The van der Waals surface area contributed by atoms with Gasteiger partial charge in [0.25, 0.3) is 5.69 Å². The third kappa shape index (κ3) is 1.92. The minimum absolute atomic E-state index is 0.0969. The third-order valence-electron chi connectivity index (χ3n) is 2.15. The number of non-ortho nitro benzene ring substituents is 1. The first-order chi connectivity index (χ1) is 7.72. The highest BCUT2D eigenvalue weighted by molar-refractivity contribution is 7.98. The van der Waals surface area contributed by atoms with Crippen LogP contribution in [-0.2, 0) is 0 Å². The maximum Gasteiger partial charge on any atom is 0.270 e. The standard InChI is InChI=1S/C10H9N3O2S/c1-16-9-6-7(13(14)15)2-3-8(9)10-11-4-5-12-10/h2-6H,1H3,(H,11,12). The lowest BCUT2D eigenvalue weighted by Gasteiger charge is -2.03. The molecular formula is C10H9N3O2S. The summed E-state index contributed by atoms with van der Waals surface area (Å²) in [6.07, 6.45) is 5.26. The summed E-state index contributed by atoms with van der Waals surface area (Å²) in [5.74, 6) is 0.722. The van der Waals surface area contributed by atoms with E-state index in [0.717, 1.165) is 16.3 Å². The van der Waals surface area contributed by atoms with E-state index in [4.69, 9.17) is 0 Å². The van der Waals surface area contributed by atoms with Crippen LogP contribution in [0.2, 0.25) is 0 Å². The van der Waals surface area contributed by atoms with Crippen molar-refractivity contribution >= 4 is 17.4 Å². The van der Waals surface area contributed by atoms with Gasteiger partial charge in [0.05, 0.1) is 4.92 Å². The molecule has 16 heavy (non-hydrogen) atoms. The van der Waals surface area contributed by atoms with Crippen LogP contribution in [0.3, 0.4) is 0 Å². The Morgan fingerprint density at radius 2 is 2.31 bits per heavy atom. The lowest BCUT2D eigenvalue weighted by molar-refractivity contribution is -0.385. The molecule has 0 aliphatic rings. The number of nitro groups is 1. The van der Waals surface area contributed by atoms with Crippen molar-refractivity contribution in [3.8, 4) is 11.4 Å². The van der Waals surface area contributed by atoms with E-state index in [9.17, 15) is 10.1 Å². The van der Waals surface area contributed by atoms with Gasteiger partial charge in [-0.25, -0.2) is 4.98 Å². The fourth-order valence-corrected chi connectivity index (χ4v) is 2.02. The van der Waals surface area contributed by atoms with E-state index < -0.39 is 4.92 Å². The average molecular weight is 235 g/mol. The van der Waals surface area contributed by atoms with Gasteiger partial charge in [0.15, 0.2) is 0 Å². The lowest BCUT2D eigenvalue weighted by Crippen LogP contribution is -1.90. The summed E-state index contributed by atoms with van der Waals surface area (Å²) in [4.78, 5) is 18.2. The number of thioether (sulfide) groups is 1. The molecule has 2 rings (SSSR count). The van der Waals surface area contributed by atoms with Crippen molar-refractivity contribution in [2.45, 2.75) is 4.90 Å². The molecule has 2 aromatic rings. The molecule has 5 nitrogen and oxygen atoms in total. The summed E-state index contributed by atoms with van der Waals surface area (Å²) in [7, 11) is 0. The Morgan fingerprint density at radius 3 is 2.88 bits per heavy atom. The Bertz CT molecular complexity index is 511. The molecule has 0 fully saturated rings. The second-order valence-electron chi connectivity index (χ2n) is 3.08. The van der Waals surface area contributed by atoms with Gasteiger partial charge in [-0.15, -0.1) is 11.8 Å². The van der Waals surface area contributed by atoms with Gasteiger partial charge in [0.1, 0.15) is 5.82 Å². The second-order valence-corrected chi connectivity index (χ2v) is 3.93. The Kier molecular flexibility index (Phi) is 2.91. The third-order valence-corrected chi connectivity index (χ3v) is 2.93. The summed E-state index contributed by atoms with van der Waals surface area (Å²) >= 11 is 1.46. The number of nitrogens with zero attached hydrogens (tertiary/aromatic N) is 2. The second kappa shape index (κ2) is 4.36. The number of hydrogen-bond donors (Lipinski definition) is 1. The zero-order chi connectivity index (χ0) is 11.5. The number of rotatable bonds is 3. The van der Waals surface area contributed by atoms with Crippen LogP contribution in [0.5, 0.6) is 0 Å². The van der Waals surface area contributed by atoms with Crippen LogP contribution in [-0.4, -0.2) is 21.1 Å². The number of benzene rings is 1. The Labute approximate surface area is 96.1 Å². The first-order valence-electron chi connectivity index (χ1n) is 4.54. The van der Waals surface area contributed by atoms with Crippen molar-refractivity contribution in [2.75, 3.05) is 6.26 Å². The molecular weight excluding hydrogens is 226 g/mol. The molecule has 1 aromatic carbocycles. The van der Waals surface area contributed by atoms with Gasteiger partial charge < -0.3 is 4.98 Å². The fourth-order valence-electron chi connectivity index (χ4n) is 1.40. The van der Waals surface area contributed by atoms with Gasteiger partial charge in [0.2, 0.25) is 0 Å². The van der Waals surface area contributed by atoms with E-state index in [-0.39, 0.29) is 5.69 Å². The lowest BCUT2D eigenvalue weighted by atomic mass is 10.2. The summed E-state index contributed by atoms with van der Waals surface area (Å²) < 4.78 is 0. The smallest absolute Gasteiger partial charge is 0.270 e. The van der Waals surface area contributed by atoms with Gasteiger partial charge in [0, 0.05) is 35.0 Å². The molecule has 0 spiro atoms. The highest BCUT2D eigenvalue weighted by Crippen LogP contribution is 2.31. The van der Waals surface area contributed by atoms with Crippen molar-refractivity contribution in [3.05, 3.63) is 40.7 Å². The molecule has 0 aliphatic carbocycles. The normalized spacial score (nSPS) is 10.3. The van der Waals surface area contributed by atoms with Crippen LogP contribution in [0.25, 0.3) is 11.4 Å². The summed E-state index contributed by atoms with van der Waals surface area (Å²) in [6, 6.07) is 4.75. The zero-order valence-electron chi connectivity index (χ0n) is 8.51. The van der Waals surface area contributed by atoms with E-state index in [0.29, 0.717) is 0 Å². The Balaban J connectivity index is 2.51. The van der Waals surface area contributed by atoms with Crippen molar-refractivity contribution in [1.29, 1.82) is 0 Å². The van der Waals surface area contributed by atoms with E-state index in [2.05, 4.69) is 9.97 Å². The maximum atomic E-state index is 10.6. The van der Waals surface area contributed by atoms with Gasteiger partial charge >= 0.3 is 0 Å². The molecule has 0 bridgehead atoms. The zero-order valence-corrected chi connectivity index (χ0v) is 9.32. The van der Waals surface area contributed by atoms with Gasteiger partial charge in [-0.05, 0) is 12.3 Å².